The van der Waals surface area contributed by atoms with Crippen molar-refractivity contribution < 1.29 is 9.59 Å². The van der Waals surface area contributed by atoms with Crippen LogP contribution in [0.25, 0.3) is 0 Å². The zero-order chi connectivity index (χ0) is 13.7. The van der Waals surface area contributed by atoms with Gasteiger partial charge in [-0.3, -0.25) is 9.59 Å². The van der Waals surface area contributed by atoms with E-state index in [1.165, 1.54) is 6.92 Å². The first-order valence-electron chi connectivity index (χ1n) is 5.70. The van der Waals surface area contributed by atoms with E-state index in [2.05, 4.69) is 5.32 Å². The number of carbonyl (C=O) groups excluding carboxylic acids is 2. The van der Waals surface area contributed by atoms with Gasteiger partial charge in [0.05, 0.1) is 6.04 Å². The zero-order valence-corrected chi connectivity index (χ0v) is 10.9. The Labute approximate surface area is 107 Å². The summed E-state index contributed by atoms with van der Waals surface area (Å²) in [5, 5.41) is 2.77. The van der Waals surface area contributed by atoms with Crippen molar-refractivity contribution in [2.75, 3.05) is 5.73 Å². The van der Waals surface area contributed by atoms with E-state index in [1.54, 1.807) is 18.2 Å². The number of nitrogens with two attached hydrogens (primary N) is 1. The van der Waals surface area contributed by atoms with Gasteiger partial charge in [0.2, 0.25) is 5.91 Å². The minimum Gasteiger partial charge on any atom is -0.399 e. The standard InChI is InChI=1S/C14H18N2O2/c1-9(2)13(8-17)14(16-10(3)18)11-5-4-6-12(15)7-11/h4-8,14H,15H2,1-3H3,(H,16,18). The second kappa shape index (κ2) is 6.00. The third-order valence-electron chi connectivity index (χ3n) is 2.61. The highest BCUT2D eigenvalue weighted by Gasteiger charge is 2.18. The average molecular weight is 246 g/mol. The van der Waals surface area contributed by atoms with Crippen LogP contribution in [-0.2, 0) is 9.59 Å². The van der Waals surface area contributed by atoms with Crippen LogP contribution in [0.5, 0.6) is 0 Å². The molecule has 0 radical (unpaired) electrons. The van der Waals surface area contributed by atoms with Crippen LogP contribution in [0.1, 0.15) is 32.4 Å². The van der Waals surface area contributed by atoms with Gasteiger partial charge in [0.1, 0.15) is 6.29 Å². The van der Waals surface area contributed by atoms with Gasteiger partial charge in [-0.25, -0.2) is 0 Å². The Bertz CT molecular complexity index is 488. The van der Waals surface area contributed by atoms with Crippen molar-refractivity contribution in [3.05, 3.63) is 41.0 Å². The monoisotopic (exact) mass is 246 g/mol. The Balaban J connectivity index is 3.25. The molecule has 0 aliphatic rings. The Morgan fingerprint density at radius 3 is 2.44 bits per heavy atom. The number of hydrogen-bond donors (Lipinski definition) is 2. The number of anilines is 1. The number of allylic oxidation sites excluding steroid dienone is 1. The van der Waals surface area contributed by atoms with Gasteiger partial charge >= 0.3 is 0 Å². The lowest BCUT2D eigenvalue weighted by Gasteiger charge is -2.20. The maximum atomic E-state index is 11.3. The highest BCUT2D eigenvalue weighted by Crippen LogP contribution is 2.24. The Kier molecular flexibility index (Phi) is 4.66. The average Bonchev–Trinajstić information content (AvgIpc) is 2.27. The summed E-state index contributed by atoms with van der Waals surface area (Å²) in [6.07, 6.45) is 0.777. The van der Waals surface area contributed by atoms with E-state index in [9.17, 15) is 9.59 Å². The minimum absolute atomic E-state index is 0.192. The molecule has 3 N–H and O–H groups in total. The smallest absolute Gasteiger partial charge is 0.217 e. The molecule has 18 heavy (non-hydrogen) atoms. The van der Waals surface area contributed by atoms with Crippen molar-refractivity contribution in [2.45, 2.75) is 26.8 Å². The highest BCUT2D eigenvalue weighted by molar-refractivity contribution is 5.81. The fourth-order valence-corrected chi connectivity index (χ4v) is 1.76. The SMILES string of the molecule is CC(=O)NC(C(C=O)=C(C)C)c1cccc(N)c1. The molecule has 0 fully saturated rings. The molecule has 4 nitrogen and oxygen atoms in total. The van der Waals surface area contributed by atoms with E-state index in [4.69, 9.17) is 5.73 Å². The summed E-state index contributed by atoms with van der Waals surface area (Å²) in [7, 11) is 0. The molecule has 1 rings (SSSR count). The van der Waals surface area contributed by atoms with E-state index in [-0.39, 0.29) is 5.91 Å². The lowest BCUT2D eigenvalue weighted by Crippen LogP contribution is -2.28. The molecular formula is C14H18N2O2. The minimum atomic E-state index is -0.450. The highest BCUT2D eigenvalue weighted by atomic mass is 16.1. The fourth-order valence-electron chi connectivity index (χ4n) is 1.76. The summed E-state index contributed by atoms with van der Waals surface area (Å²) in [6, 6.07) is 6.70. The van der Waals surface area contributed by atoms with Gasteiger partial charge in [0, 0.05) is 18.2 Å². The summed E-state index contributed by atoms with van der Waals surface area (Å²) < 4.78 is 0. The first kappa shape index (κ1) is 14.0. The molecule has 1 aromatic carbocycles. The normalized spacial score (nSPS) is 11.5. The summed E-state index contributed by atoms with van der Waals surface area (Å²) in [4.78, 5) is 22.5. The van der Waals surface area contributed by atoms with E-state index in [0.717, 1.165) is 17.4 Å². The summed E-state index contributed by atoms with van der Waals surface area (Å²) in [5.74, 6) is -0.192. The second-order valence-electron chi connectivity index (χ2n) is 4.38. The molecule has 1 atom stereocenters. The molecule has 1 aromatic rings. The number of nitrogen functional groups attached to an aromatic ring is 1. The number of carbonyl (C=O) groups is 2. The van der Waals surface area contributed by atoms with Gasteiger partial charge in [-0.2, -0.15) is 0 Å². The third-order valence-corrected chi connectivity index (χ3v) is 2.61. The van der Waals surface area contributed by atoms with Gasteiger partial charge in [0.15, 0.2) is 0 Å². The van der Waals surface area contributed by atoms with E-state index in [0.29, 0.717) is 11.3 Å². The van der Waals surface area contributed by atoms with Crippen LogP contribution >= 0.6 is 0 Å². The number of aldehydes is 1. The molecule has 1 amide bonds. The van der Waals surface area contributed by atoms with Crippen LogP contribution in [0.15, 0.2) is 35.4 Å². The van der Waals surface area contributed by atoms with Crippen LogP contribution in [-0.4, -0.2) is 12.2 Å². The number of amides is 1. The summed E-state index contributed by atoms with van der Waals surface area (Å²) in [5.41, 5.74) is 8.54. The number of hydrogen-bond acceptors (Lipinski definition) is 3. The van der Waals surface area contributed by atoms with Gasteiger partial charge in [-0.1, -0.05) is 17.7 Å². The second-order valence-corrected chi connectivity index (χ2v) is 4.38. The van der Waals surface area contributed by atoms with E-state index >= 15 is 0 Å². The van der Waals surface area contributed by atoms with Crippen molar-refractivity contribution in [1.82, 2.24) is 5.32 Å². The third kappa shape index (κ3) is 3.45. The topological polar surface area (TPSA) is 72.2 Å². The molecule has 0 saturated carbocycles. The molecular weight excluding hydrogens is 228 g/mol. The first-order chi connectivity index (χ1) is 8.45. The predicted molar refractivity (Wildman–Crippen MR) is 71.9 cm³/mol. The van der Waals surface area contributed by atoms with Crippen molar-refractivity contribution in [2.24, 2.45) is 0 Å². The molecule has 0 heterocycles. The molecule has 0 aromatic heterocycles. The van der Waals surface area contributed by atoms with Crippen LogP contribution in [0.3, 0.4) is 0 Å². The van der Waals surface area contributed by atoms with E-state index in [1.807, 2.05) is 19.9 Å². The number of nitrogens with one attached hydrogen (secondary N) is 1. The largest absolute Gasteiger partial charge is 0.399 e. The maximum absolute atomic E-state index is 11.3. The zero-order valence-electron chi connectivity index (χ0n) is 10.9. The molecule has 4 heteroatoms. The van der Waals surface area contributed by atoms with Gasteiger partial charge in [-0.05, 0) is 31.5 Å². The Morgan fingerprint density at radius 2 is 2.00 bits per heavy atom. The van der Waals surface area contributed by atoms with Crippen molar-refractivity contribution in [1.29, 1.82) is 0 Å². The Hall–Kier alpha value is -2.10. The van der Waals surface area contributed by atoms with Crippen LogP contribution in [0.4, 0.5) is 5.69 Å². The number of rotatable bonds is 4. The molecule has 1 unspecified atom stereocenters. The predicted octanol–water partition coefficient (Wildman–Crippen LogP) is 1.98. The molecule has 96 valence electrons. The maximum Gasteiger partial charge on any atom is 0.217 e. The van der Waals surface area contributed by atoms with Crippen LogP contribution < -0.4 is 11.1 Å². The van der Waals surface area contributed by atoms with Crippen molar-refractivity contribution >= 4 is 17.9 Å². The van der Waals surface area contributed by atoms with Crippen LogP contribution in [0.2, 0.25) is 0 Å². The Morgan fingerprint density at radius 1 is 1.33 bits per heavy atom. The summed E-state index contributed by atoms with van der Waals surface area (Å²) >= 11 is 0. The lowest BCUT2D eigenvalue weighted by atomic mass is 9.96. The molecule has 0 saturated heterocycles. The molecule has 0 bridgehead atoms. The molecule has 0 aliphatic carbocycles. The van der Waals surface area contributed by atoms with Crippen molar-refractivity contribution in [3.63, 3.8) is 0 Å². The first-order valence-corrected chi connectivity index (χ1v) is 5.70. The van der Waals surface area contributed by atoms with E-state index < -0.39 is 6.04 Å². The quantitative estimate of drug-likeness (QED) is 0.485. The van der Waals surface area contributed by atoms with Gasteiger partial charge in [-0.15, -0.1) is 0 Å². The fraction of sp³-hybridized carbons (Fsp3) is 0.286. The summed E-state index contributed by atoms with van der Waals surface area (Å²) in [6.45, 7) is 5.10. The van der Waals surface area contributed by atoms with Gasteiger partial charge in [0.25, 0.3) is 0 Å². The van der Waals surface area contributed by atoms with Crippen LogP contribution in [0, 0.1) is 0 Å². The van der Waals surface area contributed by atoms with Crippen molar-refractivity contribution in [3.8, 4) is 0 Å². The van der Waals surface area contributed by atoms with Gasteiger partial charge < -0.3 is 11.1 Å². The molecule has 0 spiro atoms. The molecule has 0 aliphatic heterocycles. The number of benzene rings is 1. The lowest BCUT2D eigenvalue weighted by molar-refractivity contribution is -0.119.